The number of methoxy groups -OCH3 is 1. The number of carbonyl (C=O) groups excluding carboxylic acids is 2. The van der Waals surface area contributed by atoms with Crippen LogP contribution in [0.25, 0.3) is 17.1 Å². The van der Waals surface area contributed by atoms with Crippen molar-refractivity contribution < 1.29 is 14.3 Å². The van der Waals surface area contributed by atoms with Gasteiger partial charge in [0, 0.05) is 18.1 Å². The summed E-state index contributed by atoms with van der Waals surface area (Å²) in [7, 11) is 1.57. The van der Waals surface area contributed by atoms with E-state index in [1.165, 1.54) is 30.6 Å². The van der Waals surface area contributed by atoms with E-state index in [-0.39, 0.29) is 11.7 Å². The van der Waals surface area contributed by atoms with Crippen LogP contribution in [0.2, 0.25) is 0 Å². The van der Waals surface area contributed by atoms with E-state index in [2.05, 4.69) is 10.2 Å². The Labute approximate surface area is 172 Å². The van der Waals surface area contributed by atoms with Gasteiger partial charge in [0.25, 0.3) is 0 Å². The van der Waals surface area contributed by atoms with Gasteiger partial charge in [0.1, 0.15) is 5.75 Å². The summed E-state index contributed by atoms with van der Waals surface area (Å²) in [6, 6.07) is 16.8. The third-order valence-electron chi connectivity index (χ3n) is 4.43. The highest BCUT2D eigenvalue weighted by molar-refractivity contribution is 8.04. The van der Waals surface area contributed by atoms with E-state index in [1.807, 2.05) is 48.5 Å². The second-order valence-electron chi connectivity index (χ2n) is 6.38. The second-order valence-corrected chi connectivity index (χ2v) is 7.36. The number of fused-ring (bicyclic) bond motifs is 1. The van der Waals surface area contributed by atoms with Gasteiger partial charge >= 0.3 is 0 Å². The number of hydrogen-bond acceptors (Lipinski definition) is 6. The van der Waals surface area contributed by atoms with Crippen molar-refractivity contribution in [1.29, 1.82) is 0 Å². The molecule has 0 N–H and O–H groups in total. The number of ether oxygens (including phenoxy) is 1. The van der Waals surface area contributed by atoms with Crippen LogP contribution in [0, 0.1) is 0 Å². The molecule has 0 fully saturated rings. The lowest BCUT2D eigenvalue weighted by Crippen LogP contribution is -2.41. The Bertz CT molecular complexity index is 1140. The monoisotopic (exact) mass is 406 g/mol. The van der Waals surface area contributed by atoms with Crippen LogP contribution >= 0.6 is 11.8 Å². The molecule has 3 aromatic rings. The Balaban J connectivity index is 1.97. The molecule has 0 saturated carbocycles. The van der Waals surface area contributed by atoms with Crippen molar-refractivity contribution in [2.75, 3.05) is 12.1 Å². The molecule has 0 bridgehead atoms. The fraction of sp³-hybridized carbons (Fsp3) is 0.143. The number of thioether (sulfide) groups is 1. The predicted molar refractivity (Wildman–Crippen MR) is 111 cm³/mol. The molecule has 8 heteroatoms. The summed E-state index contributed by atoms with van der Waals surface area (Å²) in [5, 5.41) is 10.4. The summed E-state index contributed by atoms with van der Waals surface area (Å²) in [5.41, 5.74) is 1.99. The van der Waals surface area contributed by atoms with Gasteiger partial charge < -0.3 is 4.74 Å². The zero-order valence-electron chi connectivity index (χ0n) is 16.1. The number of Topliss-reactive ketones (excluding diaryl/α,β-unsaturated/α-hetero) is 1. The maximum atomic E-state index is 12.8. The molecular weight excluding hydrogens is 388 g/mol. The molecule has 1 aromatic heterocycles. The molecule has 0 atom stereocenters. The molecule has 1 aliphatic rings. The van der Waals surface area contributed by atoms with E-state index < -0.39 is 0 Å². The number of amides is 1. The van der Waals surface area contributed by atoms with Gasteiger partial charge in [-0.2, -0.15) is 4.68 Å². The number of allylic oxidation sites excluding steroid dienone is 1. The molecule has 1 aliphatic heterocycles. The Kier molecular flexibility index (Phi) is 4.94. The number of benzene rings is 2. The average molecular weight is 406 g/mol. The summed E-state index contributed by atoms with van der Waals surface area (Å²) < 4.78 is 6.99. The first kappa shape index (κ1) is 18.9. The van der Waals surface area contributed by atoms with E-state index in [4.69, 9.17) is 4.74 Å². The summed E-state index contributed by atoms with van der Waals surface area (Å²) in [4.78, 5) is 25.7. The standard InChI is InChI=1S/C21H18N4O3S/c1-13(26)19-18(16-10-7-11-17(12-16)28-3)24(14(2)27)25-20(22-23-21(25)29-19)15-8-5-4-6-9-15/h4-12H,1-3H3. The van der Waals surface area contributed by atoms with Gasteiger partial charge in [-0.1, -0.05) is 42.5 Å². The number of nitrogens with zero attached hydrogens (tertiary/aromatic N) is 4. The van der Waals surface area contributed by atoms with Crippen molar-refractivity contribution in [2.24, 2.45) is 0 Å². The predicted octanol–water partition coefficient (Wildman–Crippen LogP) is 3.50. The van der Waals surface area contributed by atoms with Gasteiger partial charge in [0.15, 0.2) is 11.6 Å². The van der Waals surface area contributed by atoms with Crippen LogP contribution in [0.15, 0.2) is 64.7 Å². The van der Waals surface area contributed by atoms with Gasteiger partial charge in [-0.3, -0.25) is 9.59 Å². The first-order valence-corrected chi connectivity index (χ1v) is 9.72. The van der Waals surface area contributed by atoms with Crippen LogP contribution in [0.3, 0.4) is 0 Å². The third kappa shape index (κ3) is 3.31. The van der Waals surface area contributed by atoms with Crippen molar-refractivity contribution in [3.8, 4) is 17.1 Å². The summed E-state index contributed by atoms with van der Waals surface area (Å²) in [6.45, 7) is 2.93. The zero-order valence-corrected chi connectivity index (χ0v) is 16.9. The summed E-state index contributed by atoms with van der Waals surface area (Å²) >= 11 is 1.20. The van der Waals surface area contributed by atoms with Crippen molar-refractivity contribution >= 4 is 29.1 Å². The minimum atomic E-state index is -0.264. The Hall–Kier alpha value is -3.39. The van der Waals surface area contributed by atoms with E-state index in [0.717, 1.165) is 5.56 Å². The van der Waals surface area contributed by atoms with E-state index in [1.54, 1.807) is 17.9 Å². The Morgan fingerprint density at radius 1 is 0.966 bits per heavy atom. The molecule has 0 unspecified atom stereocenters. The topological polar surface area (TPSA) is 77.3 Å². The van der Waals surface area contributed by atoms with Crippen molar-refractivity contribution in [3.05, 3.63) is 65.1 Å². The van der Waals surface area contributed by atoms with Gasteiger partial charge in [-0.15, -0.1) is 10.2 Å². The number of hydrogen-bond donors (Lipinski definition) is 0. The molecule has 7 nitrogen and oxygen atoms in total. The molecular formula is C21H18N4O3S. The van der Waals surface area contributed by atoms with E-state index in [0.29, 0.717) is 32.9 Å². The number of ketones is 1. The molecule has 0 saturated heterocycles. The highest BCUT2D eigenvalue weighted by Gasteiger charge is 2.35. The van der Waals surface area contributed by atoms with Crippen LogP contribution in [-0.2, 0) is 9.59 Å². The highest BCUT2D eigenvalue weighted by Crippen LogP contribution is 2.41. The SMILES string of the molecule is COc1cccc(C2=C(C(C)=O)Sc3nnc(-c4ccccc4)n3N2C(C)=O)c1. The van der Waals surface area contributed by atoms with Crippen molar-refractivity contribution in [2.45, 2.75) is 19.0 Å². The van der Waals surface area contributed by atoms with Crippen LogP contribution in [0.1, 0.15) is 19.4 Å². The smallest absolute Gasteiger partial charge is 0.243 e. The Morgan fingerprint density at radius 3 is 2.34 bits per heavy atom. The molecule has 2 heterocycles. The van der Waals surface area contributed by atoms with E-state index in [9.17, 15) is 9.59 Å². The maximum absolute atomic E-state index is 12.8. The van der Waals surface area contributed by atoms with E-state index >= 15 is 0 Å². The molecule has 0 spiro atoms. The molecule has 1 amide bonds. The second kappa shape index (κ2) is 7.56. The average Bonchev–Trinajstić information content (AvgIpc) is 3.16. The van der Waals surface area contributed by atoms with Crippen LogP contribution in [-0.4, -0.2) is 33.7 Å². The quantitative estimate of drug-likeness (QED) is 0.660. The van der Waals surface area contributed by atoms with Gasteiger partial charge in [-0.25, -0.2) is 5.01 Å². The maximum Gasteiger partial charge on any atom is 0.243 e. The lowest BCUT2D eigenvalue weighted by atomic mass is 10.1. The fourth-order valence-electron chi connectivity index (χ4n) is 3.17. The number of carbonyl (C=O) groups is 2. The molecule has 2 aromatic carbocycles. The summed E-state index contributed by atoms with van der Waals surface area (Å²) in [6.07, 6.45) is 0. The van der Waals surface area contributed by atoms with Gasteiger partial charge in [0.05, 0.1) is 17.7 Å². The number of rotatable bonds is 4. The third-order valence-corrected chi connectivity index (χ3v) is 5.55. The van der Waals surface area contributed by atoms with Gasteiger partial charge in [0.2, 0.25) is 11.1 Å². The van der Waals surface area contributed by atoms with Crippen LogP contribution < -0.4 is 9.75 Å². The largest absolute Gasteiger partial charge is 0.497 e. The molecule has 146 valence electrons. The zero-order chi connectivity index (χ0) is 20.5. The van der Waals surface area contributed by atoms with Crippen molar-refractivity contribution in [3.63, 3.8) is 0 Å². The Morgan fingerprint density at radius 2 is 1.69 bits per heavy atom. The molecule has 4 rings (SSSR count). The normalized spacial score (nSPS) is 13.3. The highest BCUT2D eigenvalue weighted by atomic mass is 32.2. The number of aromatic nitrogens is 3. The lowest BCUT2D eigenvalue weighted by molar-refractivity contribution is -0.117. The lowest BCUT2D eigenvalue weighted by Gasteiger charge is -2.32. The fourth-order valence-corrected chi connectivity index (χ4v) is 4.14. The summed E-state index contributed by atoms with van der Waals surface area (Å²) in [5.74, 6) is 0.727. The van der Waals surface area contributed by atoms with Crippen LogP contribution in [0.5, 0.6) is 5.75 Å². The minimum absolute atomic E-state index is 0.158. The molecule has 29 heavy (non-hydrogen) atoms. The molecule has 0 aliphatic carbocycles. The first-order valence-electron chi connectivity index (χ1n) is 8.90. The van der Waals surface area contributed by atoms with Crippen LogP contribution in [0.4, 0.5) is 0 Å². The van der Waals surface area contributed by atoms with Crippen molar-refractivity contribution in [1.82, 2.24) is 14.9 Å². The van der Waals surface area contributed by atoms with Gasteiger partial charge in [-0.05, 0) is 30.8 Å². The minimum Gasteiger partial charge on any atom is -0.497 e. The molecule has 0 radical (unpaired) electrons. The first-order chi connectivity index (χ1) is 14.0.